The molecule has 1 aromatic rings. The summed E-state index contributed by atoms with van der Waals surface area (Å²) in [6, 6.07) is 4.57. The maximum absolute atomic E-state index is 12.5. The topological polar surface area (TPSA) is 55.1 Å². The molecule has 0 radical (unpaired) electrons. The molecule has 2 fully saturated rings. The summed E-state index contributed by atoms with van der Waals surface area (Å²) in [5.41, 5.74) is 6.24. The Morgan fingerprint density at radius 2 is 2.14 bits per heavy atom. The maximum Gasteiger partial charge on any atom is 0.225 e. The highest BCUT2D eigenvalue weighted by molar-refractivity contribution is 7.11. The molecule has 1 heterocycles. The van der Waals surface area contributed by atoms with Gasteiger partial charge in [-0.05, 0) is 57.1 Å². The SMILES string of the molecule is Cc1ccc(CC(C)NC(=O)C2C3CCC(C3)C2N)s1.Cl. The average Bonchev–Trinajstić information content (AvgIpc) is 3.05. The van der Waals surface area contributed by atoms with Gasteiger partial charge in [-0.1, -0.05) is 0 Å². The van der Waals surface area contributed by atoms with Crippen LogP contribution in [0.2, 0.25) is 0 Å². The van der Waals surface area contributed by atoms with Crippen LogP contribution in [-0.4, -0.2) is 18.0 Å². The molecule has 0 spiro atoms. The Morgan fingerprint density at radius 1 is 1.43 bits per heavy atom. The number of aryl methyl sites for hydroxylation is 1. The number of hydrogen-bond donors (Lipinski definition) is 2. The fraction of sp³-hybridized carbons (Fsp3) is 0.688. The summed E-state index contributed by atoms with van der Waals surface area (Å²) in [7, 11) is 0. The normalized spacial score (nSPS) is 31.8. The van der Waals surface area contributed by atoms with Crippen LogP contribution in [0.3, 0.4) is 0 Å². The molecular formula is C16H25ClN2OS. The second-order valence-electron chi connectivity index (χ2n) is 6.56. The number of nitrogens with two attached hydrogens (primary N) is 1. The van der Waals surface area contributed by atoms with Gasteiger partial charge in [0.05, 0.1) is 5.92 Å². The van der Waals surface area contributed by atoms with Gasteiger partial charge in [0, 0.05) is 28.3 Å². The van der Waals surface area contributed by atoms with Crippen molar-refractivity contribution < 1.29 is 4.79 Å². The molecule has 5 unspecified atom stereocenters. The summed E-state index contributed by atoms with van der Waals surface area (Å²) in [4.78, 5) is 15.1. The highest BCUT2D eigenvalue weighted by Gasteiger charge is 2.49. The van der Waals surface area contributed by atoms with Crippen molar-refractivity contribution in [3.8, 4) is 0 Å². The van der Waals surface area contributed by atoms with Crippen LogP contribution in [-0.2, 0) is 11.2 Å². The Bertz CT molecular complexity index is 502. The van der Waals surface area contributed by atoms with Gasteiger partial charge in [-0.2, -0.15) is 0 Å². The van der Waals surface area contributed by atoms with Gasteiger partial charge in [0.15, 0.2) is 0 Å². The molecule has 1 aromatic heterocycles. The van der Waals surface area contributed by atoms with E-state index in [1.165, 1.54) is 22.6 Å². The molecule has 3 N–H and O–H groups in total. The van der Waals surface area contributed by atoms with E-state index in [4.69, 9.17) is 5.73 Å². The van der Waals surface area contributed by atoms with Crippen LogP contribution in [0.5, 0.6) is 0 Å². The van der Waals surface area contributed by atoms with Gasteiger partial charge in [0.25, 0.3) is 0 Å². The third kappa shape index (κ3) is 3.43. The molecule has 118 valence electrons. The Hall–Kier alpha value is -0.580. The minimum Gasteiger partial charge on any atom is -0.353 e. The molecule has 5 atom stereocenters. The van der Waals surface area contributed by atoms with E-state index in [-0.39, 0.29) is 36.3 Å². The molecule has 0 aromatic carbocycles. The maximum atomic E-state index is 12.5. The van der Waals surface area contributed by atoms with E-state index in [0.717, 1.165) is 12.8 Å². The number of hydrogen-bond acceptors (Lipinski definition) is 3. The first-order chi connectivity index (χ1) is 9.54. The van der Waals surface area contributed by atoms with E-state index in [1.807, 2.05) is 11.3 Å². The molecule has 3 nitrogen and oxygen atoms in total. The van der Waals surface area contributed by atoms with E-state index >= 15 is 0 Å². The van der Waals surface area contributed by atoms with Crippen molar-refractivity contribution in [3.05, 3.63) is 21.9 Å². The summed E-state index contributed by atoms with van der Waals surface area (Å²) < 4.78 is 0. The van der Waals surface area contributed by atoms with E-state index < -0.39 is 0 Å². The van der Waals surface area contributed by atoms with Crippen LogP contribution < -0.4 is 11.1 Å². The molecule has 2 bridgehead atoms. The number of amides is 1. The van der Waals surface area contributed by atoms with Gasteiger partial charge >= 0.3 is 0 Å². The Balaban J connectivity index is 0.00000161. The summed E-state index contributed by atoms with van der Waals surface area (Å²) in [6.45, 7) is 4.21. The minimum atomic E-state index is 0. The van der Waals surface area contributed by atoms with E-state index in [1.54, 1.807) is 0 Å². The Labute approximate surface area is 137 Å². The predicted molar refractivity (Wildman–Crippen MR) is 89.9 cm³/mol. The molecule has 2 saturated carbocycles. The second kappa shape index (κ2) is 6.67. The lowest BCUT2D eigenvalue weighted by atomic mass is 9.84. The minimum absolute atomic E-state index is 0. The van der Waals surface area contributed by atoms with Crippen molar-refractivity contribution in [1.29, 1.82) is 0 Å². The van der Waals surface area contributed by atoms with Crippen LogP contribution in [0.15, 0.2) is 12.1 Å². The van der Waals surface area contributed by atoms with Gasteiger partial charge in [-0.25, -0.2) is 0 Å². The smallest absolute Gasteiger partial charge is 0.225 e. The zero-order valence-electron chi connectivity index (χ0n) is 12.7. The van der Waals surface area contributed by atoms with Crippen LogP contribution in [0.25, 0.3) is 0 Å². The van der Waals surface area contributed by atoms with Crippen molar-refractivity contribution in [2.75, 3.05) is 0 Å². The number of carbonyl (C=O) groups is 1. The second-order valence-corrected chi connectivity index (χ2v) is 7.93. The van der Waals surface area contributed by atoms with Gasteiger partial charge in [0.1, 0.15) is 0 Å². The zero-order chi connectivity index (χ0) is 14.3. The molecule has 2 aliphatic carbocycles. The van der Waals surface area contributed by atoms with Gasteiger partial charge in [0.2, 0.25) is 5.91 Å². The fourth-order valence-corrected chi connectivity index (χ4v) is 5.03. The van der Waals surface area contributed by atoms with Crippen molar-refractivity contribution in [2.45, 2.75) is 51.6 Å². The third-order valence-electron chi connectivity index (χ3n) is 4.98. The van der Waals surface area contributed by atoms with Crippen molar-refractivity contribution >= 4 is 29.7 Å². The lowest BCUT2D eigenvalue weighted by Gasteiger charge is -2.28. The molecular weight excluding hydrogens is 304 g/mol. The number of nitrogens with one attached hydrogen (secondary N) is 1. The predicted octanol–water partition coefficient (Wildman–Crippen LogP) is 2.90. The number of fused-ring (bicyclic) bond motifs is 2. The lowest BCUT2D eigenvalue weighted by molar-refractivity contribution is -0.127. The van der Waals surface area contributed by atoms with Crippen LogP contribution in [0, 0.1) is 24.7 Å². The number of thiophene rings is 1. The summed E-state index contributed by atoms with van der Waals surface area (Å²) in [5.74, 6) is 1.36. The Morgan fingerprint density at radius 3 is 2.71 bits per heavy atom. The van der Waals surface area contributed by atoms with Crippen LogP contribution in [0.4, 0.5) is 0 Å². The molecule has 5 heteroatoms. The quantitative estimate of drug-likeness (QED) is 0.893. The van der Waals surface area contributed by atoms with Gasteiger partial charge in [-0.15, -0.1) is 23.7 Å². The van der Waals surface area contributed by atoms with E-state index in [2.05, 4.69) is 31.3 Å². The third-order valence-corrected chi connectivity index (χ3v) is 6.00. The zero-order valence-corrected chi connectivity index (χ0v) is 14.3. The van der Waals surface area contributed by atoms with Gasteiger partial charge in [-0.3, -0.25) is 4.79 Å². The fourth-order valence-electron chi connectivity index (χ4n) is 4.01. The first-order valence-electron chi connectivity index (χ1n) is 7.66. The van der Waals surface area contributed by atoms with Crippen molar-refractivity contribution in [2.24, 2.45) is 23.5 Å². The largest absolute Gasteiger partial charge is 0.353 e. The molecule has 21 heavy (non-hydrogen) atoms. The first kappa shape index (κ1) is 16.8. The lowest BCUT2D eigenvalue weighted by Crippen LogP contribution is -2.47. The number of carbonyl (C=O) groups excluding carboxylic acids is 1. The highest BCUT2D eigenvalue weighted by atomic mass is 35.5. The number of rotatable bonds is 4. The van der Waals surface area contributed by atoms with Crippen LogP contribution in [0.1, 0.15) is 35.9 Å². The standard InChI is InChI=1S/C16H24N2OS.ClH/c1-9(7-13-6-3-10(2)20-13)18-16(19)14-11-4-5-12(8-11)15(14)17;/h3,6,9,11-12,14-15H,4-5,7-8,17H2,1-2H3,(H,18,19);1H. The molecule has 0 aliphatic heterocycles. The van der Waals surface area contributed by atoms with Crippen LogP contribution >= 0.6 is 23.7 Å². The van der Waals surface area contributed by atoms with E-state index in [9.17, 15) is 4.79 Å². The molecule has 2 aliphatic rings. The molecule has 1 amide bonds. The van der Waals surface area contributed by atoms with Gasteiger partial charge < -0.3 is 11.1 Å². The molecule has 3 rings (SSSR count). The van der Waals surface area contributed by atoms with Crippen molar-refractivity contribution in [1.82, 2.24) is 5.32 Å². The van der Waals surface area contributed by atoms with E-state index in [0.29, 0.717) is 11.8 Å². The number of halogens is 1. The Kier molecular flexibility index (Phi) is 5.33. The monoisotopic (exact) mass is 328 g/mol. The summed E-state index contributed by atoms with van der Waals surface area (Å²) in [6.07, 6.45) is 4.49. The average molecular weight is 329 g/mol. The summed E-state index contributed by atoms with van der Waals surface area (Å²) in [5, 5.41) is 3.18. The van der Waals surface area contributed by atoms with Crippen molar-refractivity contribution in [3.63, 3.8) is 0 Å². The first-order valence-corrected chi connectivity index (χ1v) is 8.47. The summed E-state index contributed by atoms with van der Waals surface area (Å²) >= 11 is 1.81. The molecule has 0 saturated heterocycles. The highest BCUT2D eigenvalue weighted by Crippen LogP contribution is 2.47.